The molecule has 0 unspecified atom stereocenters. The minimum absolute atomic E-state index is 0.320. The molecule has 0 aliphatic carbocycles. The van der Waals surface area contributed by atoms with E-state index in [1.54, 1.807) is 21.2 Å². The van der Waals surface area contributed by atoms with Gasteiger partial charge in [-0.05, 0) is 211 Å². The maximum Gasteiger partial charge on any atom is 0.0327 e. The molecule has 0 aromatic heterocycles. The maximum atomic E-state index is 2.99. The summed E-state index contributed by atoms with van der Waals surface area (Å²) in [5.74, 6) is 0. The lowest BCUT2D eigenvalue weighted by molar-refractivity contribution is 0.289. The Morgan fingerprint density at radius 1 is 0.239 bits per heavy atom. The fraction of sp³-hybridized carbons (Fsp3) is 0.302. The molecule has 10 aromatic carbocycles. The van der Waals surface area contributed by atoms with Crippen LogP contribution >= 0.6 is 31.7 Å². The summed E-state index contributed by atoms with van der Waals surface area (Å²) >= 11 is 0. The molecule has 0 amide bonds. The molecule has 1 saturated heterocycles. The van der Waals surface area contributed by atoms with E-state index in [-0.39, 0.29) is 0 Å². The van der Waals surface area contributed by atoms with E-state index in [9.17, 15) is 0 Å². The first-order chi connectivity index (χ1) is 44.5. The van der Waals surface area contributed by atoms with Crippen LogP contribution in [0.25, 0.3) is 0 Å². The van der Waals surface area contributed by atoms with Gasteiger partial charge in [-0.2, -0.15) is 0 Å². The van der Waals surface area contributed by atoms with Crippen LogP contribution in [0.1, 0.15) is 117 Å². The fourth-order valence-electron chi connectivity index (χ4n) is 13.5. The third-order valence-electron chi connectivity index (χ3n) is 17.3. The summed E-state index contributed by atoms with van der Waals surface area (Å²) in [5, 5.41) is 6.63. The van der Waals surface area contributed by atoms with Crippen LogP contribution in [-0.4, -0.2) is 59.6 Å². The minimum Gasteiger partial charge on any atom is -0.288 e. The summed E-state index contributed by atoms with van der Waals surface area (Å²) in [6.45, 7) is 33.5. The lowest BCUT2D eigenvalue weighted by Crippen LogP contribution is -2.34. The lowest BCUT2D eigenvalue weighted by Gasteiger charge is -2.39. The largest absolute Gasteiger partial charge is 0.288 e. The third kappa shape index (κ3) is 23.1. The van der Waals surface area contributed by atoms with Gasteiger partial charge < -0.3 is 0 Å². The molecule has 6 atom stereocenters. The van der Waals surface area contributed by atoms with Crippen molar-refractivity contribution in [3.05, 3.63) is 333 Å². The van der Waals surface area contributed by atoms with Crippen LogP contribution in [0.3, 0.4) is 0 Å². The first-order valence-electron chi connectivity index (χ1n) is 33.4. The molecule has 1 heterocycles. The van der Waals surface area contributed by atoms with E-state index in [0.29, 0.717) is 12.1 Å². The van der Waals surface area contributed by atoms with Gasteiger partial charge in [0.2, 0.25) is 0 Å². The van der Waals surface area contributed by atoms with Crippen LogP contribution < -0.4 is 21.2 Å². The normalized spacial score (nSPS) is 17.3. The molecule has 0 spiro atoms. The van der Waals surface area contributed by atoms with Crippen LogP contribution in [0.15, 0.2) is 255 Å². The average Bonchev–Trinajstić information content (AvgIpc) is 0.873. The molecule has 480 valence electrons. The van der Waals surface area contributed by atoms with Gasteiger partial charge in [-0.3, -0.25) is 9.80 Å². The highest BCUT2D eigenvalue weighted by Gasteiger charge is 2.32. The Hall–Kier alpha value is -6.16. The van der Waals surface area contributed by atoms with Crippen LogP contribution in [0.5, 0.6) is 0 Å². The molecular formula is C86H106N2P4. The van der Waals surface area contributed by atoms with Gasteiger partial charge in [0.05, 0.1) is 0 Å². The van der Waals surface area contributed by atoms with Gasteiger partial charge in [-0.15, -0.1) is 0 Å². The summed E-state index contributed by atoms with van der Waals surface area (Å²) in [6, 6.07) is 91.4. The van der Waals surface area contributed by atoms with Crippen molar-refractivity contribution >= 4 is 52.9 Å². The molecule has 1 aliphatic rings. The molecule has 92 heavy (non-hydrogen) atoms. The van der Waals surface area contributed by atoms with Crippen LogP contribution in [0.2, 0.25) is 0 Å². The summed E-state index contributed by atoms with van der Waals surface area (Å²) in [6.07, 6.45) is 12.0. The summed E-state index contributed by atoms with van der Waals surface area (Å²) < 4.78 is 0. The Bertz CT molecular complexity index is 3050. The summed E-state index contributed by atoms with van der Waals surface area (Å²) in [7, 11) is -1.96. The topological polar surface area (TPSA) is 6.48 Å². The first-order valence-corrected chi connectivity index (χ1v) is 40.2. The zero-order valence-corrected chi connectivity index (χ0v) is 61.7. The van der Waals surface area contributed by atoms with Gasteiger partial charge in [0.1, 0.15) is 0 Å². The molecule has 6 heteroatoms. The Kier molecular flexibility index (Phi) is 31.0. The number of hydrogen-bond donors (Lipinski definition) is 0. The van der Waals surface area contributed by atoms with Gasteiger partial charge in [0.25, 0.3) is 0 Å². The Labute approximate surface area is 563 Å². The highest BCUT2D eigenvalue weighted by atomic mass is 31.1. The highest BCUT2D eigenvalue weighted by Crippen LogP contribution is 2.51. The summed E-state index contributed by atoms with van der Waals surface area (Å²) in [5.41, 5.74) is 20.4. The van der Waals surface area contributed by atoms with E-state index < -0.39 is 31.7 Å². The molecule has 1 aliphatic heterocycles. The quantitative estimate of drug-likeness (QED) is 0.140. The number of benzene rings is 10. The number of nitrogens with zero attached hydrogens (tertiary/aromatic N) is 2. The first kappa shape index (κ1) is 73.3. The Balaban J connectivity index is 0.000000412. The van der Waals surface area contributed by atoms with E-state index in [1.807, 2.05) is 146 Å². The SMILES string of the molecule is Cc1cc(C)c([P@]2CCC[P@](c3c(C)cc(C)cc3C)CN([C@H](C)c3ccccc3)C[P@@](c3c(C)cc(C)cc3C)CCC[P@](c3c(C)cc(C)cc3C)CN([C@@H](C)c3ccccc3)C2)c(C)c1.c1ccccc1.c1ccccc1.c1ccccc1.c1ccccc1. The fourth-order valence-corrected chi connectivity index (χ4v) is 26.1. The average molecular weight is 1290 g/mol. The number of aryl methyl sites for hydroxylation is 12. The van der Waals surface area contributed by atoms with Crippen LogP contribution in [-0.2, 0) is 0 Å². The van der Waals surface area contributed by atoms with E-state index in [1.165, 1.54) is 115 Å². The van der Waals surface area contributed by atoms with Crippen molar-refractivity contribution in [1.29, 1.82) is 0 Å². The zero-order chi connectivity index (χ0) is 65.8. The predicted octanol–water partition coefficient (Wildman–Crippen LogP) is 22.4. The smallest absolute Gasteiger partial charge is 0.0327 e. The van der Waals surface area contributed by atoms with E-state index in [2.05, 4.69) is 216 Å². The Morgan fingerprint density at radius 3 is 0.554 bits per heavy atom. The van der Waals surface area contributed by atoms with E-state index in [0.717, 1.165) is 25.1 Å². The second-order valence-electron chi connectivity index (χ2n) is 25.3. The molecule has 0 radical (unpaired) electrons. The molecule has 0 saturated carbocycles. The molecule has 2 nitrogen and oxygen atoms in total. The highest BCUT2D eigenvalue weighted by molar-refractivity contribution is 7.68. The molecule has 11 rings (SSSR count). The second kappa shape index (κ2) is 38.9. The van der Waals surface area contributed by atoms with Crippen molar-refractivity contribution < 1.29 is 0 Å². The van der Waals surface area contributed by atoms with Crippen LogP contribution in [0, 0.1) is 83.1 Å². The maximum absolute atomic E-state index is 2.99. The molecule has 0 bridgehead atoms. The zero-order valence-electron chi connectivity index (χ0n) is 58.2. The van der Waals surface area contributed by atoms with E-state index >= 15 is 0 Å². The van der Waals surface area contributed by atoms with Crippen molar-refractivity contribution in [2.24, 2.45) is 0 Å². The molecular weight excluding hydrogens is 1180 g/mol. The summed E-state index contributed by atoms with van der Waals surface area (Å²) in [4.78, 5) is 5.99. The molecule has 1 fully saturated rings. The molecule has 0 N–H and O–H groups in total. The van der Waals surface area contributed by atoms with Crippen LogP contribution in [0.4, 0.5) is 0 Å². The molecule has 10 aromatic rings. The second-order valence-corrected chi connectivity index (χ2v) is 34.3. The number of rotatable bonds is 8. The van der Waals surface area contributed by atoms with Crippen molar-refractivity contribution in [3.8, 4) is 0 Å². The Morgan fingerprint density at radius 2 is 0.391 bits per heavy atom. The minimum atomic E-state index is -0.491. The van der Waals surface area contributed by atoms with Crippen molar-refractivity contribution in [1.82, 2.24) is 9.80 Å². The van der Waals surface area contributed by atoms with Gasteiger partial charge in [0.15, 0.2) is 0 Å². The third-order valence-corrected chi connectivity index (χ3v) is 28.8. The predicted molar refractivity (Wildman–Crippen MR) is 416 cm³/mol. The van der Waals surface area contributed by atoms with Gasteiger partial charge in [-0.25, -0.2) is 0 Å². The van der Waals surface area contributed by atoms with E-state index in [4.69, 9.17) is 0 Å². The van der Waals surface area contributed by atoms with Crippen molar-refractivity contribution in [3.63, 3.8) is 0 Å². The van der Waals surface area contributed by atoms with Crippen molar-refractivity contribution in [2.75, 3.05) is 49.8 Å². The van der Waals surface area contributed by atoms with Gasteiger partial charge >= 0.3 is 0 Å². The number of hydrogen-bond acceptors (Lipinski definition) is 2. The lowest BCUT2D eigenvalue weighted by atomic mass is 10.1. The monoisotopic (exact) mass is 1290 g/mol. The van der Waals surface area contributed by atoms with Gasteiger partial charge in [-0.1, -0.05) is 309 Å². The van der Waals surface area contributed by atoms with Crippen molar-refractivity contribution in [2.45, 2.75) is 122 Å². The van der Waals surface area contributed by atoms with Gasteiger partial charge in [0, 0.05) is 37.2 Å². The standard InChI is InChI=1S/C62H82N2P4.4C6H6/c1-43-31-47(5)59(48(6)32-43)65-27-21-28-66(60-49(7)33-44(2)34-50(60)8)41-64(56(14)58-25-19-16-20-26-58)42-68(62-53(11)37-46(4)38-54(62)12)30-22-29-67(61-51(9)35-45(3)36-52(61)10)40-63(39-65)55(13)57-23-17-15-18-24-57;4*1-2-4-6-5-3-1/h15-20,23-26,31-38,55-56H,21-22,27-30,39-42H2,1-14H3;4*1-6H/t55-,56+,65-,66-,67+,68-;;;;/m0..../s1.